The van der Waals surface area contributed by atoms with Crippen LogP contribution in [-0.4, -0.2) is 16.7 Å². The lowest BCUT2D eigenvalue weighted by atomic mass is 9.96. The molecule has 1 aromatic carbocycles. The molecule has 0 atom stereocenters. The molecule has 0 aliphatic heterocycles. The van der Waals surface area contributed by atoms with Crippen LogP contribution in [0.2, 0.25) is 0 Å². The molecule has 22 heavy (non-hydrogen) atoms. The molecule has 0 bridgehead atoms. The normalized spacial score (nSPS) is 12.5. The monoisotopic (exact) mass is 308 g/mol. The first-order chi connectivity index (χ1) is 10.5. The van der Waals surface area contributed by atoms with E-state index in [9.17, 15) is 13.2 Å². The van der Waals surface area contributed by atoms with Crippen LogP contribution in [0.1, 0.15) is 23.1 Å². The van der Waals surface area contributed by atoms with E-state index in [2.05, 4.69) is 4.98 Å². The van der Waals surface area contributed by atoms with Crippen LogP contribution in [0.5, 0.6) is 0 Å². The van der Waals surface area contributed by atoms with Gasteiger partial charge in [0.15, 0.2) is 0 Å². The quantitative estimate of drug-likeness (QED) is 0.650. The lowest BCUT2D eigenvalue weighted by Gasteiger charge is -2.12. The van der Waals surface area contributed by atoms with Gasteiger partial charge in [-0.3, -0.25) is 4.98 Å². The van der Waals surface area contributed by atoms with Crippen molar-refractivity contribution < 1.29 is 18.4 Å². The number of pyridine rings is 1. The number of benzene rings is 1. The van der Waals surface area contributed by atoms with E-state index in [0.29, 0.717) is 24.1 Å². The van der Waals surface area contributed by atoms with Crippen LogP contribution in [-0.2, 0) is 6.18 Å². The largest absolute Gasteiger partial charge is 0.416 e. The zero-order valence-electron chi connectivity index (χ0n) is 11.6. The van der Waals surface area contributed by atoms with Gasteiger partial charge in [-0.15, -0.1) is 0 Å². The summed E-state index contributed by atoms with van der Waals surface area (Å²) >= 11 is 0. The van der Waals surface area contributed by atoms with Gasteiger partial charge < -0.3 is 5.21 Å². The van der Waals surface area contributed by atoms with Gasteiger partial charge in [0, 0.05) is 24.5 Å². The second kappa shape index (κ2) is 7.20. The van der Waals surface area contributed by atoms with Crippen LogP contribution < -0.4 is 5.48 Å². The summed E-state index contributed by atoms with van der Waals surface area (Å²) in [6.07, 6.45) is 1.05. The van der Waals surface area contributed by atoms with E-state index < -0.39 is 11.7 Å². The highest BCUT2D eigenvalue weighted by Gasteiger charge is 2.30. The molecule has 0 unspecified atom stereocenters. The fourth-order valence-corrected chi connectivity index (χ4v) is 2.07. The average molecular weight is 308 g/mol. The second-order valence-electron chi connectivity index (χ2n) is 4.63. The Morgan fingerprint density at radius 2 is 1.95 bits per heavy atom. The Kier molecular flexibility index (Phi) is 5.30. The van der Waals surface area contributed by atoms with Crippen molar-refractivity contribution in [3.8, 4) is 0 Å². The molecule has 0 amide bonds. The van der Waals surface area contributed by atoms with Crippen molar-refractivity contribution in [2.75, 3.05) is 6.54 Å². The highest BCUT2D eigenvalue weighted by atomic mass is 19.4. The summed E-state index contributed by atoms with van der Waals surface area (Å²) in [5.41, 5.74) is 3.16. The summed E-state index contributed by atoms with van der Waals surface area (Å²) in [6.45, 7) is 0.308. The number of aromatic nitrogens is 1. The lowest BCUT2D eigenvalue weighted by Crippen LogP contribution is -2.08. The molecule has 0 spiro atoms. The van der Waals surface area contributed by atoms with Gasteiger partial charge in [0.25, 0.3) is 0 Å². The summed E-state index contributed by atoms with van der Waals surface area (Å²) in [6, 6.07) is 8.67. The van der Waals surface area contributed by atoms with E-state index >= 15 is 0 Å². The Labute approximate surface area is 126 Å². The number of nitrogens with zero attached hydrogens (tertiary/aromatic N) is 1. The molecule has 1 aromatic heterocycles. The fourth-order valence-electron chi connectivity index (χ4n) is 2.07. The lowest BCUT2D eigenvalue weighted by molar-refractivity contribution is -0.137. The third-order valence-corrected chi connectivity index (χ3v) is 3.08. The van der Waals surface area contributed by atoms with E-state index in [1.54, 1.807) is 36.7 Å². The number of alkyl halides is 3. The fraction of sp³-hybridized carbons (Fsp3) is 0.188. The first-order valence-electron chi connectivity index (χ1n) is 6.67. The smallest absolute Gasteiger partial charge is 0.317 e. The summed E-state index contributed by atoms with van der Waals surface area (Å²) in [5.74, 6) is 0. The van der Waals surface area contributed by atoms with Crippen molar-refractivity contribution in [1.82, 2.24) is 10.5 Å². The number of hydroxylamine groups is 1. The molecule has 0 aliphatic rings. The average Bonchev–Trinajstić information content (AvgIpc) is 2.52. The van der Waals surface area contributed by atoms with Gasteiger partial charge in [-0.1, -0.05) is 24.3 Å². The molecule has 0 radical (unpaired) electrons. The second-order valence-corrected chi connectivity index (χ2v) is 4.63. The SMILES string of the molecule is ONCC/C=C(\c1cccnc1)c1cccc(C(F)(F)F)c1. The number of rotatable bonds is 5. The molecule has 116 valence electrons. The van der Waals surface area contributed by atoms with Crippen molar-refractivity contribution in [2.45, 2.75) is 12.6 Å². The molecule has 0 saturated heterocycles. The van der Waals surface area contributed by atoms with Crippen molar-refractivity contribution in [3.63, 3.8) is 0 Å². The minimum absolute atomic E-state index is 0.308. The Morgan fingerprint density at radius 3 is 2.59 bits per heavy atom. The van der Waals surface area contributed by atoms with Crippen LogP contribution in [0.4, 0.5) is 13.2 Å². The van der Waals surface area contributed by atoms with Crippen LogP contribution in [0.15, 0.2) is 54.9 Å². The van der Waals surface area contributed by atoms with Gasteiger partial charge in [0.1, 0.15) is 0 Å². The molecule has 2 aromatic rings. The number of halogens is 3. The molecule has 2 N–H and O–H groups in total. The highest BCUT2D eigenvalue weighted by molar-refractivity contribution is 5.79. The van der Waals surface area contributed by atoms with Gasteiger partial charge in [0.2, 0.25) is 0 Å². The summed E-state index contributed by atoms with van der Waals surface area (Å²) in [4.78, 5) is 4.00. The van der Waals surface area contributed by atoms with Crippen LogP contribution in [0.25, 0.3) is 5.57 Å². The number of hydrogen-bond acceptors (Lipinski definition) is 3. The number of nitrogens with one attached hydrogen (secondary N) is 1. The summed E-state index contributed by atoms with van der Waals surface area (Å²) in [5, 5.41) is 8.63. The van der Waals surface area contributed by atoms with Gasteiger partial charge in [-0.25, -0.2) is 5.48 Å². The topological polar surface area (TPSA) is 45.1 Å². The predicted octanol–water partition coefficient (Wildman–Crippen LogP) is 3.90. The molecule has 0 aliphatic carbocycles. The Balaban J connectivity index is 2.44. The van der Waals surface area contributed by atoms with Gasteiger partial charge in [-0.05, 0) is 35.8 Å². The first kappa shape index (κ1) is 16.2. The molecular formula is C16H15F3N2O. The zero-order chi connectivity index (χ0) is 16.0. The summed E-state index contributed by atoms with van der Waals surface area (Å²) < 4.78 is 38.6. The molecular weight excluding hydrogens is 293 g/mol. The maximum absolute atomic E-state index is 12.9. The van der Waals surface area contributed by atoms with Gasteiger partial charge >= 0.3 is 6.18 Å². The standard InChI is InChI=1S/C16H15F3N2O/c17-16(18,19)14-6-1-4-12(10-14)15(7-3-9-21-22)13-5-2-8-20-11-13/h1-2,4-8,10-11,21-22H,3,9H2/b15-7-. The Morgan fingerprint density at radius 1 is 1.18 bits per heavy atom. The number of hydrogen-bond donors (Lipinski definition) is 2. The zero-order valence-corrected chi connectivity index (χ0v) is 11.6. The van der Waals surface area contributed by atoms with Crippen molar-refractivity contribution in [3.05, 3.63) is 71.6 Å². The molecule has 1 heterocycles. The minimum Gasteiger partial charge on any atom is -0.317 e. The van der Waals surface area contributed by atoms with Crippen LogP contribution >= 0.6 is 0 Å². The Hall–Kier alpha value is -2.18. The maximum atomic E-state index is 12.9. The Bertz CT molecular complexity index is 639. The first-order valence-corrected chi connectivity index (χ1v) is 6.67. The van der Waals surface area contributed by atoms with E-state index in [1.165, 1.54) is 6.07 Å². The third kappa shape index (κ3) is 4.16. The molecule has 6 heteroatoms. The van der Waals surface area contributed by atoms with E-state index in [-0.39, 0.29) is 0 Å². The van der Waals surface area contributed by atoms with Crippen molar-refractivity contribution in [1.29, 1.82) is 0 Å². The molecule has 0 saturated carbocycles. The molecule has 3 nitrogen and oxygen atoms in total. The van der Waals surface area contributed by atoms with Crippen molar-refractivity contribution >= 4 is 5.57 Å². The van der Waals surface area contributed by atoms with Crippen molar-refractivity contribution in [2.24, 2.45) is 0 Å². The maximum Gasteiger partial charge on any atom is 0.416 e. The highest BCUT2D eigenvalue weighted by Crippen LogP contribution is 2.32. The van der Waals surface area contributed by atoms with Gasteiger partial charge in [0.05, 0.1) is 5.56 Å². The van der Waals surface area contributed by atoms with Crippen LogP contribution in [0.3, 0.4) is 0 Å². The van der Waals surface area contributed by atoms with E-state index in [0.717, 1.165) is 17.7 Å². The van der Waals surface area contributed by atoms with E-state index in [4.69, 9.17) is 5.21 Å². The van der Waals surface area contributed by atoms with Gasteiger partial charge in [-0.2, -0.15) is 13.2 Å². The van der Waals surface area contributed by atoms with E-state index in [1.807, 2.05) is 5.48 Å². The third-order valence-electron chi connectivity index (χ3n) is 3.08. The molecule has 2 rings (SSSR count). The minimum atomic E-state index is -4.39. The van der Waals surface area contributed by atoms with Crippen LogP contribution in [0, 0.1) is 0 Å². The molecule has 0 fully saturated rings. The summed E-state index contributed by atoms with van der Waals surface area (Å²) in [7, 11) is 0. The predicted molar refractivity (Wildman–Crippen MR) is 77.2 cm³/mol.